The molecule has 0 unspecified atom stereocenters. The number of esters is 1. The van der Waals surface area contributed by atoms with E-state index in [0.717, 1.165) is 35.2 Å². The average Bonchev–Trinajstić information content (AvgIpc) is 2.90. The Balaban J connectivity index is 1.59. The summed E-state index contributed by atoms with van der Waals surface area (Å²) in [6.45, 7) is 1.96. The van der Waals surface area contributed by atoms with Gasteiger partial charge in [-0.15, -0.1) is 0 Å². The monoisotopic (exact) mass is 408 g/mol. The fourth-order valence-corrected chi connectivity index (χ4v) is 4.73. The van der Waals surface area contributed by atoms with Gasteiger partial charge in [0.1, 0.15) is 11.4 Å². The van der Waals surface area contributed by atoms with E-state index < -0.39 is 0 Å². The van der Waals surface area contributed by atoms with E-state index in [1.54, 1.807) is 6.20 Å². The first-order valence-corrected chi connectivity index (χ1v) is 10.5. The van der Waals surface area contributed by atoms with Crippen molar-refractivity contribution in [1.82, 2.24) is 4.98 Å². The van der Waals surface area contributed by atoms with Gasteiger partial charge < -0.3 is 9.64 Å². The molecule has 0 atom stereocenters. The number of methoxy groups -OCH3 is 1. The maximum Gasteiger partial charge on any atom is 0.341 e. The summed E-state index contributed by atoms with van der Waals surface area (Å²) in [4.78, 5) is 18.8. The maximum absolute atomic E-state index is 12.1. The Bertz CT molecular complexity index is 577. The van der Waals surface area contributed by atoms with Crippen LogP contribution in [-0.2, 0) is 4.74 Å². The summed E-state index contributed by atoms with van der Waals surface area (Å²) in [7, 11) is 1.42. The van der Waals surface area contributed by atoms with Gasteiger partial charge in [-0.2, -0.15) is 0 Å². The van der Waals surface area contributed by atoms with E-state index in [2.05, 4.69) is 25.8 Å². The van der Waals surface area contributed by atoms with E-state index in [1.807, 2.05) is 6.07 Å². The largest absolute Gasteiger partial charge is 0.465 e. The lowest BCUT2D eigenvalue weighted by Gasteiger charge is -2.35. The van der Waals surface area contributed by atoms with Gasteiger partial charge in [-0.3, -0.25) is 0 Å². The average molecular weight is 409 g/mol. The lowest BCUT2D eigenvalue weighted by Crippen LogP contribution is -2.36. The van der Waals surface area contributed by atoms with Crippen LogP contribution in [0.25, 0.3) is 0 Å². The fraction of sp³-hybridized carbons (Fsp3) is 0.700. The molecule has 0 aromatic carbocycles. The number of rotatable bonds is 4. The van der Waals surface area contributed by atoms with E-state index in [-0.39, 0.29) is 5.97 Å². The minimum atomic E-state index is -0.315. The number of nitrogens with zero attached hydrogens (tertiary/aromatic N) is 2. The lowest BCUT2D eigenvalue weighted by atomic mass is 9.84. The van der Waals surface area contributed by atoms with Gasteiger partial charge >= 0.3 is 5.97 Å². The van der Waals surface area contributed by atoms with Crippen molar-refractivity contribution in [2.24, 2.45) is 11.8 Å². The molecule has 1 saturated carbocycles. The molecule has 3 rings (SSSR count). The van der Waals surface area contributed by atoms with Gasteiger partial charge in [-0.25, -0.2) is 9.78 Å². The second-order valence-electron chi connectivity index (χ2n) is 7.54. The zero-order chi connectivity index (χ0) is 17.6. The van der Waals surface area contributed by atoms with E-state index in [0.29, 0.717) is 5.56 Å². The van der Waals surface area contributed by atoms with Crippen LogP contribution in [0.5, 0.6) is 0 Å². The van der Waals surface area contributed by atoms with Gasteiger partial charge in [-0.1, -0.05) is 38.5 Å². The fourth-order valence-electron chi connectivity index (χ4n) is 4.40. The molecule has 1 aliphatic heterocycles. The van der Waals surface area contributed by atoms with Gasteiger partial charge in [0.25, 0.3) is 0 Å². The number of carbonyl (C=O) groups is 1. The Kier molecular flexibility index (Phi) is 6.74. The second-order valence-corrected chi connectivity index (χ2v) is 8.46. The SMILES string of the molecule is COC(=O)c1cc(Br)cnc1N1CCC(CC2CCCCCC2)CC1. The van der Waals surface area contributed by atoms with Crippen LogP contribution in [-0.4, -0.2) is 31.2 Å². The highest BCUT2D eigenvalue weighted by molar-refractivity contribution is 9.10. The molecule has 0 amide bonds. The van der Waals surface area contributed by atoms with Crippen LogP contribution in [0.3, 0.4) is 0 Å². The van der Waals surface area contributed by atoms with Crippen molar-refractivity contribution in [2.45, 2.75) is 57.8 Å². The molecule has 1 saturated heterocycles. The molecular formula is C20H29BrN2O2. The van der Waals surface area contributed by atoms with Crippen molar-refractivity contribution in [3.05, 3.63) is 22.3 Å². The number of carbonyl (C=O) groups excluding carboxylic acids is 1. The highest BCUT2D eigenvalue weighted by Gasteiger charge is 2.26. The molecular weight excluding hydrogens is 380 g/mol. The smallest absolute Gasteiger partial charge is 0.341 e. The summed E-state index contributed by atoms with van der Waals surface area (Å²) in [5.41, 5.74) is 0.555. The number of aromatic nitrogens is 1. The third-order valence-electron chi connectivity index (χ3n) is 5.79. The standard InChI is InChI=1S/C20H29BrN2O2/c1-25-20(24)18-13-17(21)14-22-19(18)23-10-8-16(9-11-23)12-15-6-4-2-3-5-7-15/h13-16H,2-12H2,1H3. The molecule has 25 heavy (non-hydrogen) atoms. The Morgan fingerprint density at radius 3 is 2.44 bits per heavy atom. The third kappa shape index (κ3) is 4.96. The summed E-state index contributed by atoms with van der Waals surface area (Å²) >= 11 is 3.40. The van der Waals surface area contributed by atoms with Crippen molar-refractivity contribution < 1.29 is 9.53 Å². The Labute approximate surface area is 159 Å². The summed E-state index contributed by atoms with van der Waals surface area (Å²) in [6.07, 6.45) is 14.1. The molecule has 2 fully saturated rings. The number of ether oxygens (including phenoxy) is 1. The topological polar surface area (TPSA) is 42.4 Å². The zero-order valence-electron chi connectivity index (χ0n) is 15.2. The molecule has 0 N–H and O–H groups in total. The quantitative estimate of drug-likeness (QED) is 0.506. The Hall–Kier alpha value is -1.10. The number of halogens is 1. The van der Waals surface area contributed by atoms with Gasteiger partial charge in [0.15, 0.2) is 0 Å². The maximum atomic E-state index is 12.1. The minimum Gasteiger partial charge on any atom is -0.465 e. The van der Waals surface area contributed by atoms with Crippen molar-refractivity contribution in [2.75, 3.05) is 25.1 Å². The molecule has 2 heterocycles. The normalized spacial score (nSPS) is 20.3. The molecule has 1 aromatic rings. The van der Waals surface area contributed by atoms with Crippen LogP contribution in [0, 0.1) is 11.8 Å². The second kappa shape index (κ2) is 9.02. The first kappa shape index (κ1) is 18.7. The molecule has 0 radical (unpaired) electrons. The number of hydrogen-bond donors (Lipinski definition) is 0. The minimum absolute atomic E-state index is 0.315. The van der Waals surface area contributed by atoms with Gasteiger partial charge in [0.2, 0.25) is 0 Å². The summed E-state index contributed by atoms with van der Waals surface area (Å²) < 4.78 is 5.74. The zero-order valence-corrected chi connectivity index (χ0v) is 16.8. The number of hydrogen-bond acceptors (Lipinski definition) is 4. The van der Waals surface area contributed by atoms with Gasteiger partial charge in [-0.05, 0) is 53.1 Å². The van der Waals surface area contributed by atoms with Crippen LogP contribution >= 0.6 is 15.9 Å². The number of anilines is 1. The number of piperidine rings is 1. The summed E-state index contributed by atoms with van der Waals surface area (Å²) in [5.74, 6) is 2.22. The van der Waals surface area contributed by atoms with E-state index in [9.17, 15) is 4.79 Å². The highest BCUT2D eigenvalue weighted by atomic mass is 79.9. The van der Waals surface area contributed by atoms with Crippen molar-refractivity contribution in [3.8, 4) is 0 Å². The van der Waals surface area contributed by atoms with E-state index in [1.165, 1.54) is 64.9 Å². The first-order valence-electron chi connectivity index (χ1n) is 9.66. The van der Waals surface area contributed by atoms with Crippen molar-refractivity contribution >= 4 is 27.7 Å². The predicted molar refractivity (Wildman–Crippen MR) is 104 cm³/mol. The van der Waals surface area contributed by atoms with Crippen LogP contribution in [0.2, 0.25) is 0 Å². The lowest BCUT2D eigenvalue weighted by molar-refractivity contribution is 0.0601. The summed E-state index contributed by atoms with van der Waals surface area (Å²) in [5, 5.41) is 0. The predicted octanol–water partition coefficient (Wildman–Crippen LogP) is 5.21. The first-order chi connectivity index (χ1) is 12.2. The Morgan fingerprint density at radius 1 is 1.16 bits per heavy atom. The van der Waals surface area contributed by atoms with Crippen LogP contribution in [0.15, 0.2) is 16.7 Å². The molecule has 4 nitrogen and oxygen atoms in total. The van der Waals surface area contributed by atoms with Crippen LogP contribution < -0.4 is 4.90 Å². The third-order valence-corrected chi connectivity index (χ3v) is 6.23. The van der Waals surface area contributed by atoms with Gasteiger partial charge in [0.05, 0.1) is 7.11 Å². The van der Waals surface area contributed by atoms with Crippen LogP contribution in [0.1, 0.15) is 68.1 Å². The molecule has 5 heteroatoms. The van der Waals surface area contributed by atoms with Crippen molar-refractivity contribution in [3.63, 3.8) is 0 Å². The molecule has 0 spiro atoms. The molecule has 0 bridgehead atoms. The molecule has 1 aliphatic carbocycles. The van der Waals surface area contributed by atoms with E-state index in [4.69, 9.17) is 4.74 Å². The van der Waals surface area contributed by atoms with E-state index >= 15 is 0 Å². The van der Waals surface area contributed by atoms with Crippen LogP contribution in [0.4, 0.5) is 5.82 Å². The Morgan fingerprint density at radius 2 is 1.80 bits per heavy atom. The highest BCUT2D eigenvalue weighted by Crippen LogP contribution is 2.34. The number of pyridine rings is 1. The van der Waals surface area contributed by atoms with Crippen molar-refractivity contribution in [1.29, 1.82) is 0 Å². The van der Waals surface area contributed by atoms with Gasteiger partial charge in [0, 0.05) is 23.8 Å². The molecule has 2 aliphatic rings. The summed E-state index contributed by atoms with van der Waals surface area (Å²) in [6, 6.07) is 1.81. The molecule has 1 aromatic heterocycles. The molecule has 138 valence electrons.